The maximum absolute atomic E-state index is 5.40. The number of benzene rings is 2. The quantitative estimate of drug-likeness (QED) is 0.227. The van der Waals surface area contributed by atoms with Crippen molar-refractivity contribution in [1.82, 2.24) is 0 Å². The van der Waals surface area contributed by atoms with Crippen molar-refractivity contribution < 1.29 is 20.8 Å². The normalized spacial score (nSPS) is 22.7. The fourth-order valence-corrected chi connectivity index (χ4v) is 18.2. The number of allylic oxidation sites excluding steroid dienone is 4. The summed E-state index contributed by atoms with van der Waals surface area (Å²) in [5.41, 5.74) is 15.3. The van der Waals surface area contributed by atoms with E-state index in [1.165, 1.54) is 44.8 Å². The van der Waals surface area contributed by atoms with Gasteiger partial charge >= 0.3 is 37.9 Å². The molecule has 1 saturated carbocycles. The Morgan fingerprint density at radius 1 is 0.646 bits per heavy atom. The monoisotopic (exact) mass is 932 g/mol. The first-order valence-corrected chi connectivity index (χ1v) is 30.9. The van der Waals surface area contributed by atoms with Crippen LogP contribution in [-0.4, -0.2) is 16.5 Å². The van der Waals surface area contributed by atoms with Gasteiger partial charge in [0.2, 0.25) is 0 Å². The molecule has 0 amide bonds. The van der Waals surface area contributed by atoms with Crippen LogP contribution >= 0.6 is 48.9 Å². The molecule has 2 aromatic carbocycles. The summed E-state index contributed by atoms with van der Waals surface area (Å²) >= 11 is 6.37. The van der Waals surface area contributed by atoms with Gasteiger partial charge in [-0.3, -0.25) is 0 Å². The molecule has 0 heterocycles. The zero-order valence-corrected chi connectivity index (χ0v) is 41.9. The average Bonchev–Trinajstić information content (AvgIpc) is 3.27. The zero-order valence-electron chi connectivity index (χ0n) is 32.7. The van der Waals surface area contributed by atoms with Crippen LogP contribution in [0.25, 0.3) is 4.98 Å². The first-order chi connectivity index (χ1) is 21.5. The van der Waals surface area contributed by atoms with Crippen LogP contribution in [0.1, 0.15) is 77.6 Å². The predicted octanol–water partition coefficient (Wildman–Crippen LogP) is 15.8. The summed E-state index contributed by atoms with van der Waals surface area (Å²) < 4.78 is 2.32. The van der Waals surface area contributed by atoms with Gasteiger partial charge in [0.05, 0.1) is 0 Å². The number of nitrogens with one attached hydrogen (secondary N) is 1. The summed E-state index contributed by atoms with van der Waals surface area (Å²) in [6.07, 6.45) is 0. The number of halogens is 4. The number of nitrogens with zero attached hydrogens (tertiary/aromatic N) is 1. The molecule has 2 nitrogen and oxygen atoms in total. The molecule has 0 saturated heterocycles. The van der Waals surface area contributed by atoms with Crippen molar-refractivity contribution in [2.75, 3.05) is 4.98 Å². The van der Waals surface area contributed by atoms with E-state index >= 15 is 0 Å². The molecule has 4 atom stereocenters. The van der Waals surface area contributed by atoms with E-state index < -0.39 is 37.3 Å². The summed E-state index contributed by atoms with van der Waals surface area (Å²) in [5, 5.41) is 0. The Balaban J connectivity index is 0.000000435. The fraction of sp³-hybridized carbons (Fsp3) is 0.564. The summed E-state index contributed by atoms with van der Waals surface area (Å²) in [6.45, 7) is 37.6. The van der Waals surface area contributed by atoms with Crippen LogP contribution in [0, 0.1) is 58.8 Å². The van der Waals surface area contributed by atoms with Crippen LogP contribution in [0.2, 0.25) is 37.3 Å². The molecule has 0 aliphatic heterocycles. The van der Waals surface area contributed by atoms with Crippen molar-refractivity contribution in [1.29, 1.82) is 0 Å². The number of hydrogen-bond donors (Lipinski definition) is 1. The molecule has 2 aliphatic rings. The minimum atomic E-state index is -1.69. The average molecular weight is 937 g/mol. The first kappa shape index (κ1) is 46.4. The second kappa shape index (κ2) is 18.9. The molecule has 9 heteroatoms. The van der Waals surface area contributed by atoms with Crippen LogP contribution in [0.5, 0.6) is 0 Å². The van der Waals surface area contributed by atoms with Gasteiger partial charge in [0.1, 0.15) is 0 Å². The SMILES string of the molecule is CC1=C(C)C([Si](C)(C)Nc2c(C)cc(Br)cc2C)C(C)=C1C.Cc1cc(Br)cc(C)c1[N-][Si](C)(C)C1C(C)C(C)C(C)C1C.[CH3-].[Cl][Zr+2][Cl]. The maximum atomic E-state index is 5.40. The molecule has 0 bridgehead atoms. The molecule has 48 heavy (non-hydrogen) atoms. The summed E-state index contributed by atoms with van der Waals surface area (Å²) in [7, 11) is 6.49. The van der Waals surface area contributed by atoms with Gasteiger partial charge in [-0.25, -0.2) is 0 Å². The van der Waals surface area contributed by atoms with E-state index in [4.69, 9.17) is 22.0 Å². The Kier molecular flexibility index (Phi) is 18.3. The molecule has 268 valence electrons. The molecule has 4 rings (SSSR count). The van der Waals surface area contributed by atoms with Crippen LogP contribution in [0.15, 0.2) is 55.5 Å². The molecule has 2 aromatic rings. The van der Waals surface area contributed by atoms with Crippen LogP contribution in [0.4, 0.5) is 11.4 Å². The first-order valence-electron chi connectivity index (χ1n) is 16.9. The summed E-state index contributed by atoms with van der Waals surface area (Å²) in [6, 6.07) is 8.80. The predicted molar refractivity (Wildman–Crippen MR) is 228 cm³/mol. The van der Waals surface area contributed by atoms with Crippen molar-refractivity contribution in [2.45, 2.75) is 120 Å². The molecule has 0 spiro atoms. The van der Waals surface area contributed by atoms with Crippen LogP contribution in [-0.2, 0) is 20.8 Å². The Morgan fingerprint density at radius 2 is 0.979 bits per heavy atom. The van der Waals surface area contributed by atoms with E-state index in [1.807, 2.05) is 0 Å². The van der Waals surface area contributed by atoms with Crippen LogP contribution < -0.4 is 4.98 Å². The Labute approximate surface area is 333 Å². The molecule has 1 N–H and O–H groups in total. The van der Waals surface area contributed by atoms with E-state index in [1.54, 1.807) is 11.1 Å². The third-order valence-electron chi connectivity index (χ3n) is 11.6. The topological polar surface area (TPSA) is 26.1 Å². The van der Waals surface area contributed by atoms with Gasteiger partial charge in [-0.2, -0.15) is 0 Å². The Bertz CT molecular complexity index is 1410. The third-order valence-corrected chi connectivity index (χ3v) is 19.2. The molecule has 1 fully saturated rings. The van der Waals surface area contributed by atoms with Gasteiger partial charge in [0.25, 0.3) is 0 Å². The molecular formula is C39H62Br2Cl2N2Si2Zr. The van der Waals surface area contributed by atoms with Gasteiger partial charge < -0.3 is 17.4 Å². The van der Waals surface area contributed by atoms with Gasteiger partial charge in [-0.1, -0.05) is 114 Å². The summed E-state index contributed by atoms with van der Waals surface area (Å²) in [5.74, 6) is 3.20. The molecule has 0 radical (unpaired) electrons. The van der Waals surface area contributed by atoms with Crippen molar-refractivity contribution >= 4 is 76.7 Å². The van der Waals surface area contributed by atoms with E-state index in [0.29, 0.717) is 5.54 Å². The third kappa shape index (κ3) is 10.7. The van der Waals surface area contributed by atoms with Gasteiger partial charge in [-0.15, -0.1) is 5.69 Å². The molecule has 0 aromatic heterocycles. The Hall–Kier alpha value is 0.377. The number of anilines is 1. The molecular weight excluding hydrogens is 875 g/mol. The second-order valence-corrected chi connectivity index (χ2v) is 29.5. The van der Waals surface area contributed by atoms with Crippen molar-refractivity contribution in [2.24, 2.45) is 23.7 Å². The van der Waals surface area contributed by atoms with Crippen LogP contribution in [0.3, 0.4) is 0 Å². The van der Waals surface area contributed by atoms with E-state index in [0.717, 1.165) is 38.2 Å². The molecule has 2 aliphatic carbocycles. The molecule has 4 unspecified atom stereocenters. The van der Waals surface area contributed by atoms with Crippen molar-refractivity contribution in [3.63, 3.8) is 0 Å². The standard InChI is InChI=1S/C19H31BrNSi.C19H28BrNSi.CH3.2ClH.Zr/c2*1-11-9-17(20)10-12(2)18(11)21-22(7,8)19-15(5)13(3)14(4)16(19)6;;;;/h9-10,13-16,19H,1-8H3;9-10,19,21H,1-8H3;1H3;2*1H;/q-1;;-1;;;+4/p-2. The van der Waals surface area contributed by atoms with Crippen molar-refractivity contribution in [3.8, 4) is 0 Å². The number of hydrogen-bond acceptors (Lipinski definition) is 1. The second-order valence-electron chi connectivity index (χ2n) is 15.5. The van der Waals surface area contributed by atoms with Gasteiger partial charge in [0, 0.05) is 20.2 Å². The van der Waals surface area contributed by atoms with Gasteiger partial charge in [0.15, 0.2) is 8.24 Å². The summed E-state index contributed by atoms with van der Waals surface area (Å²) in [4.78, 5) is 9.38. The van der Waals surface area contributed by atoms with E-state index in [2.05, 4.69) is 170 Å². The van der Waals surface area contributed by atoms with E-state index in [-0.39, 0.29) is 7.43 Å². The van der Waals surface area contributed by atoms with Gasteiger partial charge in [-0.05, 0) is 134 Å². The fourth-order valence-electron chi connectivity index (χ4n) is 8.75. The van der Waals surface area contributed by atoms with Crippen molar-refractivity contribution in [3.05, 3.63) is 90.2 Å². The zero-order chi connectivity index (χ0) is 36.3. The minimum absolute atomic E-state index is 0. The number of aryl methyl sites for hydroxylation is 4. The number of rotatable bonds is 6. The van der Waals surface area contributed by atoms with E-state index in [9.17, 15) is 0 Å². The Morgan fingerprint density at radius 3 is 1.33 bits per heavy atom.